The maximum Gasteiger partial charge on any atom is 0.453 e. The van der Waals surface area contributed by atoms with E-state index < -0.39 is 42.1 Å². The molecule has 198 valence electrons. The lowest BCUT2D eigenvalue weighted by atomic mass is 9.81. The summed E-state index contributed by atoms with van der Waals surface area (Å²) in [6.07, 6.45) is -5.51. The fourth-order valence-corrected chi connectivity index (χ4v) is 4.35. The van der Waals surface area contributed by atoms with Gasteiger partial charge < -0.3 is 11.1 Å². The molecule has 1 unspecified atom stereocenters. The van der Waals surface area contributed by atoms with Crippen molar-refractivity contribution in [2.24, 2.45) is 0 Å². The molecule has 38 heavy (non-hydrogen) atoms. The number of aromatic nitrogens is 6. The molecule has 5 heterocycles. The monoisotopic (exact) mass is 536 g/mol. The van der Waals surface area contributed by atoms with E-state index >= 15 is 0 Å². The molecule has 0 fully saturated rings. The van der Waals surface area contributed by atoms with Gasteiger partial charge in [0.05, 0.1) is 17.5 Å². The van der Waals surface area contributed by atoms with Gasteiger partial charge in [-0.15, -0.1) is 0 Å². The van der Waals surface area contributed by atoms with Crippen LogP contribution in [0, 0.1) is 12.7 Å². The summed E-state index contributed by atoms with van der Waals surface area (Å²) in [4.78, 5) is 29.7. The Morgan fingerprint density at radius 2 is 1.87 bits per heavy atom. The molecule has 0 saturated carbocycles. The minimum Gasteiger partial charge on any atom is -0.383 e. The zero-order valence-electron chi connectivity index (χ0n) is 19.7. The van der Waals surface area contributed by atoms with Gasteiger partial charge >= 0.3 is 12.1 Å². The molecule has 4 aromatic heterocycles. The van der Waals surface area contributed by atoms with Crippen LogP contribution in [0.3, 0.4) is 0 Å². The number of carbonyl (C=O) groups excluding carboxylic acids is 1. The van der Waals surface area contributed by atoms with E-state index in [1.807, 2.05) is 0 Å². The Balaban J connectivity index is 1.59. The Bertz CT molecular complexity index is 1580. The molecule has 0 aromatic carbocycles. The van der Waals surface area contributed by atoms with Gasteiger partial charge in [0.15, 0.2) is 11.5 Å². The van der Waals surface area contributed by atoms with Gasteiger partial charge in [-0.1, -0.05) is 0 Å². The number of pyridine rings is 2. The van der Waals surface area contributed by atoms with Crippen molar-refractivity contribution < 1.29 is 31.1 Å². The van der Waals surface area contributed by atoms with E-state index in [4.69, 9.17) is 5.73 Å². The highest BCUT2D eigenvalue weighted by Gasteiger charge is 2.56. The summed E-state index contributed by atoms with van der Waals surface area (Å²) in [7, 11) is 0. The fraction of sp³-hybridized carbons (Fsp3) is 0.304. The first kappa shape index (κ1) is 25.4. The van der Waals surface area contributed by atoms with E-state index in [9.17, 15) is 31.1 Å². The van der Waals surface area contributed by atoms with Crippen molar-refractivity contribution in [3.05, 3.63) is 59.1 Å². The second-order valence-corrected chi connectivity index (χ2v) is 8.98. The molecule has 0 spiro atoms. The Hall–Kier alpha value is -4.30. The van der Waals surface area contributed by atoms with Crippen LogP contribution in [0.25, 0.3) is 17.0 Å². The molecule has 0 bridgehead atoms. The number of alkyl halides is 5. The van der Waals surface area contributed by atoms with E-state index in [0.717, 1.165) is 12.3 Å². The summed E-state index contributed by atoms with van der Waals surface area (Å²) in [5.41, 5.74) is 5.53. The minimum atomic E-state index is -5.70. The molecule has 9 nitrogen and oxygen atoms in total. The van der Waals surface area contributed by atoms with E-state index in [1.165, 1.54) is 36.7 Å². The summed E-state index contributed by atoms with van der Waals surface area (Å²) in [5.74, 6) is -5.90. The van der Waals surface area contributed by atoms with Crippen LogP contribution in [0.15, 0.2) is 30.6 Å². The zero-order chi connectivity index (χ0) is 27.6. The van der Waals surface area contributed by atoms with Gasteiger partial charge in [-0.3, -0.25) is 9.78 Å². The van der Waals surface area contributed by atoms with Crippen LogP contribution < -0.4 is 11.1 Å². The van der Waals surface area contributed by atoms with Gasteiger partial charge in [-0.25, -0.2) is 23.9 Å². The number of nitrogens with one attached hydrogen (secondary N) is 1. The molecule has 5 rings (SSSR count). The van der Waals surface area contributed by atoms with Crippen LogP contribution in [0.5, 0.6) is 0 Å². The number of halogens is 6. The van der Waals surface area contributed by atoms with Crippen LogP contribution >= 0.6 is 0 Å². The molecule has 1 amide bonds. The summed E-state index contributed by atoms with van der Waals surface area (Å²) in [5, 5.41) is 6.74. The standard InChI is InChI=1S/C23H18F6N8O/c1-10-32-19-11(5-6-22(25,26)23(27,28)29)7-12(9-37(19)36-10)17-33-16(30)15-18(34-17)35-20(38)21(15,2)14-4-3-13(24)8-31-14/h3-4,7-9H,5-6H2,1-2H3,(H3,30,33,34,35,38). The predicted octanol–water partition coefficient (Wildman–Crippen LogP) is 4.00. The van der Waals surface area contributed by atoms with E-state index in [1.54, 1.807) is 0 Å². The number of hydrogen-bond acceptors (Lipinski definition) is 7. The van der Waals surface area contributed by atoms with Crippen molar-refractivity contribution in [2.75, 3.05) is 11.1 Å². The Labute approximate surface area is 210 Å². The third kappa shape index (κ3) is 3.97. The molecule has 0 saturated heterocycles. The topological polar surface area (TPSA) is 124 Å². The summed E-state index contributed by atoms with van der Waals surface area (Å²) >= 11 is 0. The number of aryl methyl sites for hydroxylation is 2. The highest BCUT2D eigenvalue weighted by Crippen LogP contribution is 2.44. The fourth-order valence-electron chi connectivity index (χ4n) is 4.35. The first-order valence-electron chi connectivity index (χ1n) is 11.1. The molecule has 4 aromatic rings. The van der Waals surface area contributed by atoms with Crippen LogP contribution in [0.1, 0.15) is 36.0 Å². The lowest BCUT2D eigenvalue weighted by molar-refractivity contribution is -0.284. The molecule has 1 aliphatic rings. The largest absolute Gasteiger partial charge is 0.453 e. The number of fused-ring (bicyclic) bond motifs is 2. The normalized spacial score (nSPS) is 17.6. The van der Waals surface area contributed by atoms with E-state index in [-0.39, 0.29) is 51.3 Å². The highest BCUT2D eigenvalue weighted by atomic mass is 19.4. The number of nitrogen functional groups attached to an aromatic ring is 1. The van der Waals surface area contributed by atoms with Gasteiger partial charge in [0.2, 0.25) is 5.91 Å². The Morgan fingerprint density at radius 1 is 1.13 bits per heavy atom. The molecular formula is C23H18F6N8O. The van der Waals surface area contributed by atoms with Crippen molar-refractivity contribution in [1.29, 1.82) is 0 Å². The average molecular weight is 536 g/mol. The maximum absolute atomic E-state index is 13.6. The van der Waals surface area contributed by atoms with Crippen molar-refractivity contribution >= 4 is 23.2 Å². The molecule has 15 heteroatoms. The van der Waals surface area contributed by atoms with Crippen LogP contribution in [0.2, 0.25) is 0 Å². The average Bonchev–Trinajstić information content (AvgIpc) is 3.33. The Kier molecular flexibility index (Phi) is 5.58. The van der Waals surface area contributed by atoms with Gasteiger partial charge in [0.25, 0.3) is 0 Å². The number of carbonyl (C=O) groups is 1. The maximum atomic E-state index is 13.6. The molecular weight excluding hydrogens is 518 g/mol. The van der Waals surface area contributed by atoms with Gasteiger partial charge in [0.1, 0.15) is 28.7 Å². The lowest BCUT2D eigenvalue weighted by Crippen LogP contribution is -2.36. The van der Waals surface area contributed by atoms with Gasteiger partial charge in [-0.05, 0) is 44.0 Å². The number of nitrogens with zero attached hydrogens (tertiary/aromatic N) is 6. The van der Waals surface area contributed by atoms with E-state index in [2.05, 4.69) is 30.4 Å². The number of anilines is 2. The first-order valence-corrected chi connectivity index (χ1v) is 11.1. The van der Waals surface area contributed by atoms with Crippen LogP contribution in [0.4, 0.5) is 38.0 Å². The predicted molar refractivity (Wildman–Crippen MR) is 122 cm³/mol. The van der Waals surface area contributed by atoms with Crippen molar-refractivity contribution in [3.63, 3.8) is 0 Å². The highest BCUT2D eigenvalue weighted by molar-refractivity contribution is 6.08. The molecule has 1 aliphatic heterocycles. The smallest absolute Gasteiger partial charge is 0.383 e. The third-order valence-electron chi connectivity index (χ3n) is 6.36. The number of amides is 1. The number of nitrogens with two attached hydrogens (primary N) is 1. The van der Waals surface area contributed by atoms with Crippen molar-refractivity contribution in [1.82, 2.24) is 29.5 Å². The quantitative estimate of drug-likeness (QED) is 0.370. The van der Waals surface area contributed by atoms with Crippen LogP contribution in [-0.2, 0) is 16.6 Å². The molecule has 3 N–H and O–H groups in total. The number of rotatable bonds is 5. The third-order valence-corrected chi connectivity index (χ3v) is 6.36. The summed E-state index contributed by atoms with van der Waals surface area (Å²) < 4.78 is 80.1. The van der Waals surface area contributed by atoms with Crippen molar-refractivity contribution in [2.45, 2.75) is 44.2 Å². The van der Waals surface area contributed by atoms with E-state index in [0.29, 0.717) is 0 Å². The summed E-state index contributed by atoms with van der Waals surface area (Å²) in [6, 6.07) is 3.80. The molecule has 0 radical (unpaired) electrons. The first-order chi connectivity index (χ1) is 17.7. The molecule has 1 atom stereocenters. The zero-order valence-corrected chi connectivity index (χ0v) is 19.7. The van der Waals surface area contributed by atoms with Gasteiger partial charge in [-0.2, -0.15) is 27.1 Å². The second-order valence-electron chi connectivity index (χ2n) is 8.98. The Morgan fingerprint density at radius 3 is 2.53 bits per heavy atom. The van der Waals surface area contributed by atoms with Crippen molar-refractivity contribution in [3.8, 4) is 11.4 Å². The minimum absolute atomic E-state index is 0.0447. The SMILES string of the molecule is Cc1nc2c(CCC(F)(F)C(F)(F)F)cc(-c3nc(N)c4c(n3)NC(=O)C4(C)c3ccc(F)cn3)cn2n1. The molecule has 0 aliphatic carbocycles. The van der Waals surface area contributed by atoms with Crippen LogP contribution in [-0.4, -0.2) is 47.6 Å². The summed E-state index contributed by atoms with van der Waals surface area (Å²) in [6.45, 7) is 3.06. The lowest BCUT2D eigenvalue weighted by Gasteiger charge is -2.22. The van der Waals surface area contributed by atoms with Gasteiger partial charge in [0, 0.05) is 18.2 Å². The number of hydrogen-bond donors (Lipinski definition) is 2. The second kappa shape index (κ2) is 8.36.